The van der Waals surface area contributed by atoms with Crippen molar-refractivity contribution in [1.29, 1.82) is 0 Å². The second kappa shape index (κ2) is 9.23. The molecule has 2 aromatic heterocycles. The number of anilines is 1. The Balaban J connectivity index is 1.65. The number of ether oxygens (including phenoxy) is 1. The fourth-order valence-electron chi connectivity index (χ4n) is 3.39. The van der Waals surface area contributed by atoms with Crippen molar-refractivity contribution in [2.45, 2.75) is 35.7 Å². The highest BCUT2D eigenvalue weighted by atomic mass is 32.2. The summed E-state index contributed by atoms with van der Waals surface area (Å²) in [7, 11) is -4.64. The van der Waals surface area contributed by atoms with Crippen molar-refractivity contribution in [3.8, 4) is 0 Å². The Morgan fingerprint density at radius 3 is 2.88 bits per heavy atom. The number of nitrogen functional groups attached to an aromatic ring is 1. The normalized spacial score (nSPS) is 29.6. The molecule has 2 saturated heterocycles. The summed E-state index contributed by atoms with van der Waals surface area (Å²) in [5.74, 6) is -2.36. The number of carboxylic acid groups (broad SMARTS) is 1. The lowest BCUT2D eigenvalue weighted by Gasteiger charge is -2.34. The van der Waals surface area contributed by atoms with Crippen LogP contribution in [0, 0.1) is 0 Å². The summed E-state index contributed by atoms with van der Waals surface area (Å²) in [6.07, 6.45) is -5.10. The first-order valence-electron chi connectivity index (χ1n) is 9.60. The highest BCUT2D eigenvalue weighted by Gasteiger charge is 2.51. The summed E-state index contributed by atoms with van der Waals surface area (Å²) >= 11 is 0.885. The minimum absolute atomic E-state index is 0.0361. The molecular weight excluding hydrogens is 501 g/mol. The monoisotopic (exact) mass is 520 g/mol. The predicted octanol–water partition coefficient (Wildman–Crippen LogP) is -3.54. The summed E-state index contributed by atoms with van der Waals surface area (Å²) < 4.78 is 28.1. The number of amides is 1. The number of thioether (sulfide) groups is 1. The molecule has 1 unspecified atom stereocenters. The molecule has 34 heavy (non-hydrogen) atoms. The van der Waals surface area contributed by atoms with Crippen LogP contribution in [-0.4, -0.2) is 84.9 Å². The molecule has 1 amide bonds. The number of nitrogens with one attached hydrogen (secondary N) is 2. The van der Waals surface area contributed by atoms with Crippen molar-refractivity contribution in [3.63, 3.8) is 0 Å². The molecule has 0 radical (unpaired) electrons. The molecule has 2 aliphatic rings. The second-order valence-electron chi connectivity index (χ2n) is 7.29. The lowest BCUT2D eigenvalue weighted by molar-refractivity contribution is -0.245. The summed E-state index contributed by atoms with van der Waals surface area (Å²) in [4.78, 5) is 57.2. The third-order valence-electron chi connectivity index (χ3n) is 4.89. The van der Waals surface area contributed by atoms with Crippen LogP contribution in [-0.2, 0) is 27.9 Å². The molecule has 0 spiro atoms. The van der Waals surface area contributed by atoms with Gasteiger partial charge in [-0.15, -0.1) is 0 Å². The number of hydrogen-bond donors (Lipinski definition) is 6. The molecule has 2 fully saturated rings. The van der Waals surface area contributed by atoms with Gasteiger partial charge < -0.3 is 45.7 Å². The van der Waals surface area contributed by atoms with E-state index in [-0.39, 0.29) is 28.0 Å². The number of carboxylic acids is 1. The van der Waals surface area contributed by atoms with Crippen molar-refractivity contribution in [3.05, 3.63) is 10.4 Å². The molecule has 4 rings (SSSR count). The van der Waals surface area contributed by atoms with Crippen molar-refractivity contribution in [2.24, 2.45) is 5.73 Å². The van der Waals surface area contributed by atoms with Crippen LogP contribution in [0.4, 0.5) is 5.95 Å². The van der Waals surface area contributed by atoms with E-state index in [2.05, 4.69) is 24.8 Å². The van der Waals surface area contributed by atoms with Gasteiger partial charge in [-0.25, -0.2) is 4.98 Å². The summed E-state index contributed by atoms with van der Waals surface area (Å²) in [6.45, 7) is -1.02. The number of carbonyl (C=O) groups excluding carboxylic acids is 1. The van der Waals surface area contributed by atoms with Gasteiger partial charge in [0, 0.05) is 5.75 Å². The van der Waals surface area contributed by atoms with Crippen LogP contribution in [0.15, 0.2) is 9.95 Å². The van der Waals surface area contributed by atoms with Crippen molar-refractivity contribution in [1.82, 2.24) is 24.8 Å². The first kappa shape index (κ1) is 24.6. The Bertz CT molecular complexity index is 1240. The standard InChI is InChI=1S/C15H20N7O10PS/c16-4(11(26)18-1-6(23)24)3-34-15-19-7-10(20-14(17)21-12(7)27)22(15)13-8(25)9-5(31-13)2-30-33(28,29)32-9/h4-5,8-9,13,25H,1-3,16H2,(H,18,26)(H,23,24)(H,28,29)(H3,17,20,21,27)/p-1/t4-,5+,8+,9+,13+/m0/s1. The van der Waals surface area contributed by atoms with Crippen LogP contribution in [0.1, 0.15) is 6.23 Å². The van der Waals surface area contributed by atoms with E-state index in [9.17, 15) is 28.9 Å². The Morgan fingerprint density at radius 2 is 2.18 bits per heavy atom. The van der Waals surface area contributed by atoms with Crippen LogP contribution in [0.25, 0.3) is 11.2 Å². The number of phosphoric acid groups is 1. The lowest BCUT2D eigenvalue weighted by Crippen LogP contribution is -2.44. The second-order valence-corrected chi connectivity index (χ2v) is 9.64. The SMILES string of the molecule is Nc1nc2c(nc(SC[C@H](N)C(=O)NCC(=O)O)n2[C@@H]2O[C@@H]3COP(=O)([O-])O[C@H]3[C@H]2O)c(=O)[nH]1. The number of carbonyl (C=O) groups is 2. The maximum Gasteiger partial charge on any atom is 0.322 e. The van der Waals surface area contributed by atoms with Crippen molar-refractivity contribution in [2.75, 3.05) is 24.6 Å². The number of fused-ring (bicyclic) bond motifs is 2. The van der Waals surface area contributed by atoms with Crippen LogP contribution < -0.4 is 27.2 Å². The molecule has 0 bridgehead atoms. The van der Waals surface area contributed by atoms with Crippen molar-refractivity contribution < 1.29 is 43.0 Å². The predicted molar refractivity (Wildman–Crippen MR) is 110 cm³/mol. The van der Waals surface area contributed by atoms with E-state index >= 15 is 0 Å². The first-order chi connectivity index (χ1) is 16.0. The summed E-state index contributed by atoms with van der Waals surface area (Å²) in [6, 6.07) is -1.16. The number of phosphoric ester groups is 1. The Kier molecular flexibility index (Phi) is 6.67. The van der Waals surface area contributed by atoms with E-state index in [1.807, 2.05) is 0 Å². The smallest absolute Gasteiger partial charge is 0.322 e. The van der Waals surface area contributed by atoms with Gasteiger partial charge in [0.1, 0.15) is 24.9 Å². The molecule has 2 aliphatic heterocycles. The average Bonchev–Trinajstić information content (AvgIpc) is 3.26. The number of rotatable bonds is 7. The zero-order chi connectivity index (χ0) is 24.8. The Hall–Kier alpha value is -2.57. The van der Waals surface area contributed by atoms with Crippen molar-refractivity contribution >= 4 is 48.6 Å². The van der Waals surface area contributed by atoms with Gasteiger partial charge >= 0.3 is 5.97 Å². The molecule has 2 aromatic rings. The first-order valence-corrected chi connectivity index (χ1v) is 12.0. The number of aliphatic hydroxyl groups excluding tert-OH is 1. The van der Waals surface area contributed by atoms with Crippen LogP contribution >= 0.6 is 19.6 Å². The Labute approximate surface area is 193 Å². The fourth-order valence-corrected chi connectivity index (χ4v) is 5.30. The zero-order valence-electron chi connectivity index (χ0n) is 17.0. The molecule has 0 aliphatic carbocycles. The van der Waals surface area contributed by atoms with E-state index in [1.54, 1.807) is 0 Å². The maximum absolute atomic E-state index is 12.4. The minimum Gasteiger partial charge on any atom is -0.756 e. The van der Waals surface area contributed by atoms with Gasteiger partial charge in [-0.3, -0.25) is 28.5 Å². The van der Waals surface area contributed by atoms with Gasteiger partial charge in [0.15, 0.2) is 22.5 Å². The molecule has 6 atom stereocenters. The zero-order valence-corrected chi connectivity index (χ0v) is 18.7. The highest BCUT2D eigenvalue weighted by molar-refractivity contribution is 7.99. The van der Waals surface area contributed by atoms with Gasteiger partial charge in [0.25, 0.3) is 13.4 Å². The number of nitrogens with two attached hydrogens (primary N) is 2. The molecule has 19 heteroatoms. The average molecular weight is 520 g/mol. The number of aromatic nitrogens is 4. The maximum atomic E-state index is 12.4. The van der Waals surface area contributed by atoms with Crippen LogP contribution in [0.2, 0.25) is 0 Å². The molecule has 4 heterocycles. The number of imidazole rings is 1. The lowest BCUT2D eigenvalue weighted by atomic mass is 10.1. The van der Waals surface area contributed by atoms with E-state index in [4.69, 9.17) is 25.8 Å². The molecule has 0 aromatic carbocycles. The highest BCUT2D eigenvalue weighted by Crippen LogP contribution is 2.50. The van der Waals surface area contributed by atoms with E-state index in [0.29, 0.717) is 0 Å². The van der Waals surface area contributed by atoms with Gasteiger partial charge in [0.2, 0.25) is 11.9 Å². The number of aromatic amines is 1. The molecule has 17 nitrogen and oxygen atoms in total. The summed E-state index contributed by atoms with van der Waals surface area (Å²) in [5.41, 5.74) is 10.5. The van der Waals surface area contributed by atoms with Crippen LogP contribution in [0.3, 0.4) is 0 Å². The Morgan fingerprint density at radius 1 is 1.44 bits per heavy atom. The molecule has 186 valence electrons. The van der Waals surface area contributed by atoms with E-state index in [0.717, 1.165) is 11.8 Å². The topological polar surface area (TPSA) is 270 Å². The number of hydrogen-bond acceptors (Lipinski definition) is 14. The largest absolute Gasteiger partial charge is 0.756 e. The third-order valence-corrected chi connectivity index (χ3v) is 6.93. The quantitative estimate of drug-likeness (QED) is 0.152. The van der Waals surface area contributed by atoms with E-state index in [1.165, 1.54) is 4.57 Å². The van der Waals surface area contributed by atoms with Gasteiger partial charge in [-0.2, -0.15) is 4.98 Å². The number of aliphatic carboxylic acids is 1. The minimum atomic E-state index is -4.64. The molecular formula is C15H19N7O10PS-. The third kappa shape index (κ3) is 4.80. The molecule has 8 N–H and O–H groups in total. The van der Waals surface area contributed by atoms with E-state index < -0.39 is 69.0 Å². The number of aliphatic hydroxyl groups is 1. The van der Waals surface area contributed by atoms with Crippen LogP contribution in [0.5, 0.6) is 0 Å². The van der Waals surface area contributed by atoms with Gasteiger partial charge in [-0.1, -0.05) is 11.8 Å². The van der Waals surface area contributed by atoms with Gasteiger partial charge in [-0.05, 0) is 0 Å². The van der Waals surface area contributed by atoms with Gasteiger partial charge in [0.05, 0.1) is 12.6 Å². The summed E-state index contributed by atoms with van der Waals surface area (Å²) in [5, 5.41) is 21.6. The fraction of sp³-hybridized carbons (Fsp3) is 0.533. The number of H-pyrrole nitrogens is 1. The molecule has 0 saturated carbocycles. The number of nitrogens with zero attached hydrogens (tertiary/aromatic N) is 3.